The van der Waals surface area contributed by atoms with Crippen LogP contribution >= 0.6 is 0 Å². The molecule has 0 amide bonds. The van der Waals surface area contributed by atoms with Crippen molar-refractivity contribution in [3.05, 3.63) is 52.8 Å². The summed E-state index contributed by atoms with van der Waals surface area (Å²) in [6.07, 6.45) is 1.60. The van der Waals surface area contributed by atoms with E-state index in [0.717, 1.165) is 18.4 Å². The standard InChI is InChI=1S/C22H23FN2O4/c1-21(2)10-12(5-6-28-21)13-7-16-19(17(23)8-13)29-18-4-3-14(26)9-15(18)22(16)11-27-20(24)25-22/h3-4,7-9,12,26H,5-6,10-11H2,1-2H3,(H2,24,25)/t12-,22-/m0/s1. The Morgan fingerprint density at radius 3 is 2.76 bits per heavy atom. The van der Waals surface area contributed by atoms with Crippen molar-refractivity contribution in [2.75, 3.05) is 13.2 Å². The summed E-state index contributed by atoms with van der Waals surface area (Å²) >= 11 is 0. The van der Waals surface area contributed by atoms with E-state index in [4.69, 9.17) is 19.9 Å². The van der Waals surface area contributed by atoms with Crippen LogP contribution in [0.3, 0.4) is 0 Å². The van der Waals surface area contributed by atoms with Gasteiger partial charge in [0.2, 0.25) is 0 Å². The van der Waals surface area contributed by atoms with E-state index in [-0.39, 0.29) is 35.6 Å². The second-order valence-corrected chi connectivity index (χ2v) is 8.56. The number of ether oxygens (including phenoxy) is 3. The Labute approximate surface area is 168 Å². The molecular formula is C22H23FN2O4. The highest BCUT2D eigenvalue weighted by Gasteiger charge is 2.48. The highest BCUT2D eigenvalue weighted by molar-refractivity contribution is 5.77. The Hall–Kier alpha value is -2.80. The monoisotopic (exact) mass is 398 g/mol. The molecule has 2 aromatic rings. The molecule has 1 fully saturated rings. The molecule has 0 aliphatic carbocycles. The summed E-state index contributed by atoms with van der Waals surface area (Å²) < 4.78 is 32.5. The van der Waals surface area contributed by atoms with Gasteiger partial charge in [-0.25, -0.2) is 9.38 Å². The normalized spacial score (nSPS) is 26.9. The summed E-state index contributed by atoms with van der Waals surface area (Å²) in [5, 5.41) is 10.1. The molecule has 3 heterocycles. The molecule has 0 unspecified atom stereocenters. The largest absolute Gasteiger partial charge is 0.508 e. The van der Waals surface area contributed by atoms with Crippen molar-refractivity contribution in [1.29, 1.82) is 0 Å². The topological polar surface area (TPSA) is 86.3 Å². The molecule has 5 rings (SSSR count). The smallest absolute Gasteiger partial charge is 0.283 e. The van der Waals surface area contributed by atoms with Gasteiger partial charge >= 0.3 is 0 Å². The van der Waals surface area contributed by atoms with Gasteiger partial charge in [-0.3, -0.25) is 0 Å². The molecule has 29 heavy (non-hydrogen) atoms. The van der Waals surface area contributed by atoms with Crippen molar-refractivity contribution < 1.29 is 23.7 Å². The van der Waals surface area contributed by atoms with E-state index in [1.165, 1.54) is 6.07 Å². The summed E-state index contributed by atoms with van der Waals surface area (Å²) in [6.45, 7) is 4.84. The lowest BCUT2D eigenvalue weighted by Crippen LogP contribution is -2.34. The van der Waals surface area contributed by atoms with Crippen molar-refractivity contribution in [2.45, 2.75) is 43.7 Å². The quantitative estimate of drug-likeness (QED) is 0.761. The zero-order valence-electron chi connectivity index (χ0n) is 16.4. The first kappa shape index (κ1) is 18.2. The third kappa shape index (κ3) is 2.83. The lowest BCUT2D eigenvalue weighted by Gasteiger charge is -2.37. The number of hydrogen-bond donors (Lipinski definition) is 2. The molecule has 1 saturated heterocycles. The van der Waals surface area contributed by atoms with Crippen LogP contribution in [-0.4, -0.2) is 29.9 Å². The van der Waals surface area contributed by atoms with Crippen molar-refractivity contribution in [3.63, 3.8) is 0 Å². The van der Waals surface area contributed by atoms with Crippen LogP contribution in [0.4, 0.5) is 4.39 Å². The molecule has 7 heteroatoms. The van der Waals surface area contributed by atoms with Gasteiger partial charge in [-0.1, -0.05) is 0 Å². The lowest BCUT2D eigenvalue weighted by atomic mass is 9.77. The summed E-state index contributed by atoms with van der Waals surface area (Å²) in [4.78, 5) is 4.55. The number of nitrogens with zero attached hydrogens (tertiary/aromatic N) is 1. The van der Waals surface area contributed by atoms with Crippen molar-refractivity contribution in [2.24, 2.45) is 10.7 Å². The molecule has 0 aromatic heterocycles. The minimum absolute atomic E-state index is 0.0325. The minimum atomic E-state index is -1.05. The molecule has 0 bridgehead atoms. The van der Waals surface area contributed by atoms with E-state index in [0.29, 0.717) is 23.5 Å². The van der Waals surface area contributed by atoms with Gasteiger partial charge < -0.3 is 25.1 Å². The number of benzene rings is 2. The fourth-order valence-corrected chi connectivity index (χ4v) is 4.67. The minimum Gasteiger partial charge on any atom is -0.508 e. The van der Waals surface area contributed by atoms with E-state index in [1.807, 2.05) is 19.9 Å². The number of amidine groups is 1. The number of rotatable bonds is 1. The molecule has 3 aliphatic rings. The molecule has 0 saturated carbocycles. The van der Waals surface area contributed by atoms with Gasteiger partial charge in [-0.2, -0.15) is 0 Å². The molecule has 2 atom stereocenters. The highest BCUT2D eigenvalue weighted by atomic mass is 19.1. The van der Waals surface area contributed by atoms with E-state index < -0.39 is 11.4 Å². The first-order chi connectivity index (χ1) is 13.8. The summed E-state index contributed by atoms with van der Waals surface area (Å²) in [5.41, 5.74) is 6.60. The van der Waals surface area contributed by atoms with Crippen LogP contribution in [-0.2, 0) is 15.0 Å². The van der Waals surface area contributed by atoms with Gasteiger partial charge in [-0.15, -0.1) is 0 Å². The lowest BCUT2D eigenvalue weighted by molar-refractivity contribution is -0.0593. The molecule has 2 aromatic carbocycles. The third-order valence-corrected chi connectivity index (χ3v) is 6.03. The average Bonchev–Trinajstić information content (AvgIpc) is 3.05. The number of aliphatic imine (C=N–C) groups is 1. The Morgan fingerprint density at radius 1 is 1.21 bits per heavy atom. The van der Waals surface area contributed by atoms with Crippen LogP contribution in [0.5, 0.6) is 17.2 Å². The number of nitrogens with two attached hydrogens (primary N) is 1. The van der Waals surface area contributed by atoms with Gasteiger partial charge in [0.1, 0.15) is 18.1 Å². The average molecular weight is 398 g/mol. The summed E-state index contributed by atoms with van der Waals surface area (Å²) in [7, 11) is 0. The van der Waals surface area contributed by atoms with E-state index in [2.05, 4.69) is 4.99 Å². The van der Waals surface area contributed by atoms with Crippen LogP contribution in [0.15, 0.2) is 35.3 Å². The number of fused-ring (bicyclic) bond motifs is 4. The molecule has 1 spiro atoms. The van der Waals surface area contributed by atoms with Crippen molar-refractivity contribution in [1.82, 2.24) is 0 Å². The zero-order valence-corrected chi connectivity index (χ0v) is 16.4. The number of hydrogen-bond acceptors (Lipinski definition) is 6. The number of halogens is 1. The SMILES string of the molecule is CC1(C)C[C@@H](c2cc(F)c3c(c2)[C@]2(COC(N)=N2)c2cc(O)ccc2O3)CCO1. The highest BCUT2D eigenvalue weighted by Crippen LogP contribution is 2.53. The Morgan fingerprint density at radius 2 is 2.03 bits per heavy atom. The van der Waals surface area contributed by atoms with Crippen molar-refractivity contribution in [3.8, 4) is 17.2 Å². The van der Waals surface area contributed by atoms with E-state index in [9.17, 15) is 5.11 Å². The van der Waals surface area contributed by atoms with Crippen molar-refractivity contribution >= 4 is 6.02 Å². The summed E-state index contributed by atoms with van der Waals surface area (Å²) in [5.74, 6) is 0.334. The maximum Gasteiger partial charge on any atom is 0.283 e. The van der Waals surface area contributed by atoms with Crippen LogP contribution in [0.2, 0.25) is 0 Å². The third-order valence-electron chi connectivity index (χ3n) is 6.03. The van der Waals surface area contributed by atoms with E-state index >= 15 is 4.39 Å². The van der Waals surface area contributed by atoms with Crippen LogP contribution in [0, 0.1) is 5.82 Å². The Bertz CT molecular complexity index is 1040. The maximum absolute atomic E-state index is 15.3. The van der Waals surface area contributed by atoms with Crippen LogP contribution in [0.25, 0.3) is 0 Å². The van der Waals surface area contributed by atoms with E-state index in [1.54, 1.807) is 18.2 Å². The number of phenols is 1. The van der Waals surface area contributed by atoms with Crippen LogP contribution in [0.1, 0.15) is 49.3 Å². The Kier molecular flexibility index (Phi) is 3.84. The second-order valence-electron chi connectivity index (χ2n) is 8.56. The molecule has 0 radical (unpaired) electrons. The van der Waals surface area contributed by atoms with Gasteiger partial charge in [0.25, 0.3) is 6.02 Å². The predicted molar refractivity (Wildman–Crippen MR) is 105 cm³/mol. The van der Waals surface area contributed by atoms with Gasteiger partial charge in [0.15, 0.2) is 17.1 Å². The Balaban J connectivity index is 1.69. The molecule has 6 nitrogen and oxygen atoms in total. The van der Waals surface area contributed by atoms with Gasteiger partial charge in [0.05, 0.1) is 5.60 Å². The second kappa shape index (κ2) is 6.10. The van der Waals surface area contributed by atoms with Gasteiger partial charge in [0, 0.05) is 17.7 Å². The molecular weight excluding hydrogens is 375 g/mol. The first-order valence-corrected chi connectivity index (χ1v) is 9.75. The number of aromatic hydroxyl groups is 1. The maximum atomic E-state index is 15.3. The first-order valence-electron chi connectivity index (χ1n) is 9.75. The summed E-state index contributed by atoms with van der Waals surface area (Å²) in [6, 6.07) is 8.21. The van der Waals surface area contributed by atoms with Gasteiger partial charge in [-0.05, 0) is 68.5 Å². The fourth-order valence-electron chi connectivity index (χ4n) is 4.67. The predicted octanol–water partition coefficient (Wildman–Crippen LogP) is 3.90. The fraction of sp³-hybridized carbons (Fsp3) is 0.409. The molecule has 3 aliphatic heterocycles. The number of phenolic OH excluding ortho intramolecular Hbond substituents is 1. The molecule has 3 N–H and O–H groups in total. The molecule has 152 valence electrons. The van der Waals surface area contributed by atoms with Crippen LogP contribution < -0.4 is 10.5 Å². The zero-order chi connectivity index (χ0) is 20.4.